The van der Waals surface area contributed by atoms with Crippen LogP contribution in [0.4, 0.5) is 0 Å². The van der Waals surface area contributed by atoms with Crippen LogP contribution < -0.4 is 11.1 Å². The Balaban J connectivity index is 2.29. The molecule has 0 spiro atoms. The van der Waals surface area contributed by atoms with Crippen molar-refractivity contribution in [2.45, 2.75) is 26.4 Å². The van der Waals surface area contributed by atoms with Crippen LogP contribution in [0.15, 0.2) is 27.8 Å². The lowest BCUT2D eigenvalue weighted by Gasteiger charge is -2.08. The zero-order chi connectivity index (χ0) is 13.8. The van der Waals surface area contributed by atoms with Gasteiger partial charge in [-0.2, -0.15) is 0 Å². The molecule has 8 heteroatoms. The molecule has 2 rings (SSSR count). The van der Waals surface area contributed by atoms with Gasteiger partial charge in [0, 0.05) is 18.4 Å². The smallest absolute Gasteiger partial charge is 0.352 e. The third-order valence-electron chi connectivity index (χ3n) is 2.20. The van der Waals surface area contributed by atoms with Crippen LogP contribution in [0.5, 0.6) is 0 Å². The minimum absolute atomic E-state index is 0.0144. The zero-order valence-electron chi connectivity index (χ0n) is 10.5. The summed E-state index contributed by atoms with van der Waals surface area (Å²) < 4.78 is 5.64. The van der Waals surface area contributed by atoms with E-state index in [2.05, 4.69) is 25.0 Å². The van der Waals surface area contributed by atoms with Crippen molar-refractivity contribution < 1.29 is 9.32 Å². The quantitative estimate of drug-likeness (QED) is 0.820. The van der Waals surface area contributed by atoms with Gasteiger partial charge >= 0.3 is 5.76 Å². The van der Waals surface area contributed by atoms with Gasteiger partial charge in [0.1, 0.15) is 6.54 Å². The van der Waals surface area contributed by atoms with Gasteiger partial charge in [0.15, 0.2) is 5.82 Å². The predicted octanol–water partition coefficient (Wildman–Crippen LogP) is -0.182. The fourth-order valence-corrected chi connectivity index (χ4v) is 1.49. The molecule has 0 atom stereocenters. The molecular weight excluding hydrogens is 250 g/mol. The van der Waals surface area contributed by atoms with Crippen LogP contribution >= 0.6 is 0 Å². The van der Waals surface area contributed by atoms with E-state index in [-0.39, 0.29) is 30.1 Å². The van der Waals surface area contributed by atoms with Crippen molar-refractivity contribution in [2.24, 2.45) is 0 Å². The summed E-state index contributed by atoms with van der Waals surface area (Å²) in [6.45, 7) is 3.47. The highest BCUT2D eigenvalue weighted by atomic mass is 16.5. The van der Waals surface area contributed by atoms with Crippen molar-refractivity contribution in [3.05, 3.63) is 29.0 Å². The standard InChI is InChI=1S/C11H13N5O3/c1-7(2)14-8(17)6-16-10(15-19-11(16)18)9-12-4-3-5-13-9/h3-5,7H,6H2,1-2H3,(H,14,17). The summed E-state index contributed by atoms with van der Waals surface area (Å²) in [6, 6.07) is 1.62. The summed E-state index contributed by atoms with van der Waals surface area (Å²) in [5.74, 6) is -0.672. The summed E-state index contributed by atoms with van der Waals surface area (Å²) in [7, 11) is 0. The molecule has 0 saturated heterocycles. The lowest BCUT2D eigenvalue weighted by molar-refractivity contribution is -0.122. The lowest BCUT2D eigenvalue weighted by atomic mass is 10.4. The van der Waals surface area contributed by atoms with Gasteiger partial charge in [-0.05, 0) is 19.9 Å². The highest BCUT2D eigenvalue weighted by molar-refractivity contribution is 5.76. The minimum Gasteiger partial charge on any atom is -0.352 e. The Bertz CT molecular complexity index is 617. The highest BCUT2D eigenvalue weighted by Gasteiger charge is 2.17. The Labute approximate surface area is 108 Å². The predicted molar refractivity (Wildman–Crippen MR) is 65.1 cm³/mol. The van der Waals surface area contributed by atoms with Crippen LogP contribution in [0.3, 0.4) is 0 Å². The number of nitrogens with one attached hydrogen (secondary N) is 1. The molecule has 0 radical (unpaired) electrons. The van der Waals surface area contributed by atoms with Gasteiger partial charge in [-0.25, -0.2) is 19.3 Å². The van der Waals surface area contributed by atoms with E-state index in [9.17, 15) is 9.59 Å². The Morgan fingerprint density at radius 2 is 2.11 bits per heavy atom. The molecule has 0 aliphatic rings. The maximum absolute atomic E-state index is 11.7. The number of aromatic nitrogens is 4. The molecule has 2 aromatic heterocycles. The topological polar surface area (TPSA) is 103 Å². The number of carbonyl (C=O) groups is 1. The molecule has 0 bridgehead atoms. The second-order valence-electron chi connectivity index (χ2n) is 4.15. The largest absolute Gasteiger partial charge is 0.442 e. The summed E-state index contributed by atoms with van der Waals surface area (Å²) >= 11 is 0. The normalized spacial score (nSPS) is 10.7. The number of hydrogen-bond acceptors (Lipinski definition) is 6. The average Bonchev–Trinajstić information content (AvgIpc) is 2.71. The Kier molecular flexibility index (Phi) is 3.69. The van der Waals surface area contributed by atoms with E-state index >= 15 is 0 Å². The first-order valence-corrected chi connectivity index (χ1v) is 5.71. The molecule has 100 valence electrons. The maximum Gasteiger partial charge on any atom is 0.442 e. The number of amides is 1. The van der Waals surface area contributed by atoms with Crippen LogP contribution in [-0.4, -0.2) is 31.6 Å². The minimum atomic E-state index is -0.721. The molecule has 0 unspecified atom stereocenters. The van der Waals surface area contributed by atoms with E-state index in [0.717, 1.165) is 4.57 Å². The van der Waals surface area contributed by atoms with E-state index in [1.165, 1.54) is 12.4 Å². The van der Waals surface area contributed by atoms with Crippen LogP contribution in [0, 0.1) is 0 Å². The monoisotopic (exact) mass is 263 g/mol. The summed E-state index contributed by atoms with van der Waals surface area (Å²) in [5, 5.41) is 6.27. The summed E-state index contributed by atoms with van der Waals surface area (Å²) in [6.07, 6.45) is 3.03. The number of rotatable bonds is 4. The highest BCUT2D eigenvalue weighted by Crippen LogP contribution is 2.08. The molecule has 2 aromatic rings. The van der Waals surface area contributed by atoms with Crippen molar-refractivity contribution in [3.63, 3.8) is 0 Å². The zero-order valence-corrected chi connectivity index (χ0v) is 10.5. The summed E-state index contributed by atoms with van der Waals surface area (Å²) in [5.41, 5.74) is 0. The molecule has 0 saturated carbocycles. The molecule has 19 heavy (non-hydrogen) atoms. The fourth-order valence-electron chi connectivity index (χ4n) is 1.49. The first-order valence-electron chi connectivity index (χ1n) is 5.71. The Hall–Kier alpha value is -2.51. The first-order chi connectivity index (χ1) is 9.08. The van der Waals surface area contributed by atoms with Crippen molar-refractivity contribution in [1.82, 2.24) is 25.0 Å². The average molecular weight is 263 g/mol. The van der Waals surface area contributed by atoms with Crippen LogP contribution in [-0.2, 0) is 11.3 Å². The van der Waals surface area contributed by atoms with E-state index in [1.807, 2.05) is 13.8 Å². The van der Waals surface area contributed by atoms with Gasteiger partial charge in [0.25, 0.3) is 0 Å². The molecule has 8 nitrogen and oxygen atoms in total. The van der Waals surface area contributed by atoms with E-state index in [1.54, 1.807) is 6.07 Å². The second kappa shape index (κ2) is 5.42. The van der Waals surface area contributed by atoms with E-state index in [0.29, 0.717) is 0 Å². The molecule has 0 aliphatic heterocycles. The number of nitrogens with zero attached hydrogens (tertiary/aromatic N) is 4. The van der Waals surface area contributed by atoms with Gasteiger partial charge in [-0.1, -0.05) is 5.16 Å². The summed E-state index contributed by atoms with van der Waals surface area (Å²) in [4.78, 5) is 31.1. The fraction of sp³-hybridized carbons (Fsp3) is 0.364. The number of hydrogen-bond donors (Lipinski definition) is 1. The third kappa shape index (κ3) is 3.03. The third-order valence-corrected chi connectivity index (χ3v) is 2.20. The van der Waals surface area contributed by atoms with Crippen LogP contribution in [0.2, 0.25) is 0 Å². The Morgan fingerprint density at radius 3 is 2.74 bits per heavy atom. The maximum atomic E-state index is 11.7. The Morgan fingerprint density at radius 1 is 1.42 bits per heavy atom. The van der Waals surface area contributed by atoms with Crippen molar-refractivity contribution in [1.29, 1.82) is 0 Å². The van der Waals surface area contributed by atoms with Gasteiger partial charge in [-0.15, -0.1) is 0 Å². The van der Waals surface area contributed by atoms with E-state index in [4.69, 9.17) is 0 Å². The van der Waals surface area contributed by atoms with Gasteiger partial charge < -0.3 is 5.32 Å². The molecule has 0 fully saturated rings. The molecule has 1 N–H and O–H groups in total. The molecule has 0 aromatic carbocycles. The van der Waals surface area contributed by atoms with Gasteiger partial charge in [0.2, 0.25) is 11.7 Å². The molecule has 2 heterocycles. The second-order valence-corrected chi connectivity index (χ2v) is 4.15. The molecule has 1 amide bonds. The lowest BCUT2D eigenvalue weighted by Crippen LogP contribution is -2.35. The molecule has 0 aliphatic carbocycles. The van der Waals surface area contributed by atoms with Crippen molar-refractivity contribution >= 4 is 5.91 Å². The molecular formula is C11H13N5O3. The van der Waals surface area contributed by atoms with Crippen LogP contribution in [0.1, 0.15) is 13.8 Å². The van der Waals surface area contributed by atoms with Crippen LogP contribution in [0.25, 0.3) is 11.6 Å². The van der Waals surface area contributed by atoms with Gasteiger partial charge in [0.05, 0.1) is 0 Å². The van der Waals surface area contributed by atoms with E-state index < -0.39 is 5.76 Å². The van der Waals surface area contributed by atoms with Gasteiger partial charge in [-0.3, -0.25) is 9.32 Å². The SMILES string of the molecule is CC(C)NC(=O)Cn1c(-c2ncccn2)noc1=O. The van der Waals surface area contributed by atoms with Crippen molar-refractivity contribution in [2.75, 3.05) is 0 Å². The van der Waals surface area contributed by atoms with Crippen molar-refractivity contribution in [3.8, 4) is 11.6 Å². The number of carbonyl (C=O) groups excluding carboxylic acids is 1. The first kappa shape index (κ1) is 12.9.